The number of nitro benzene ring substituents is 2. The fraction of sp³-hybridized carbons (Fsp3) is 0.136. The highest BCUT2D eigenvalue weighted by Gasteiger charge is 2.22. The van der Waals surface area contributed by atoms with Crippen LogP contribution in [0.15, 0.2) is 65.8 Å². The number of hydrogen-bond donors (Lipinski definition) is 1. The van der Waals surface area contributed by atoms with Gasteiger partial charge in [-0.2, -0.15) is 5.10 Å². The summed E-state index contributed by atoms with van der Waals surface area (Å²) in [5.74, 6) is 0.203. The van der Waals surface area contributed by atoms with Gasteiger partial charge in [0.2, 0.25) is 5.75 Å². The summed E-state index contributed by atoms with van der Waals surface area (Å²) in [4.78, 5) is 21.5. The van der Waals surface area contributed by atoms with Crippen LogP contribution in [-0.2, 0) is 6.61 Å². The largest absolute Gasteiger partial charge is 0.493 e. The van der Waals surface area contributed by atoms with Crippen molar-refractivity contribution >= 4 is 23.3 Å². The number of hydrazone groups is 1. The van der Waals surface area contributed by atoms with Gasteiger partial charge in [0.15, 0.2) is 5.75 Å². The first-order valence-corrected chi connectivity index (χ1v) is 9.46. The van der Waals surface area contributed by atoms with Crippen LogP contribution < -0.4 is 14.9 Å². The summed E-state index contributed by atoms with van der Waals surface area (Å²) in [6, 6.07) is 16.3. The van der Waals surface area contributed by atoms with Gasteiger partial charge >= 0.3 is 5.69 Å². The van der Waals surface area contributed by atoms with E-state index in [9.17, 15) is 20.2 Å². The molecule has 0 aliphatic rings. The van der Waals surface area contributed by atoms with Crippen LogP contribution in [0.3, 0.4) is 0 Å². The summed E-state index contributed by atoms with van der Waals surface area (Å²) < 4.78 is 11.1. The molecule has 0 amide bonds. The third-order valence-corrected chi connectivity index (χ3v) is 4.57. The Morgan fingerprint density at radius 1 is 1.03 bits per heavy atom. The zero-order chi connectivity index (χ0) is 23.1. The molecule has 0 radical (unpaired) electrons. The van der Waals surface area contributed by atoms with Gasteiger partial charge in [-0.1, -0.05) is 30.3 Å². The Bertz CT molecular complexity index is 1180. The van der Waals surface area contributed by atoms with E-state index in [0.29, 0.717) is 11.3 Å². The zero-order valence-electron chi connectivity index (χ0n) is 17.3. The molecule has 0 bridgehead atoms. The third-order valence-electron chi connectivity index (χ3n) is 4.57. The fourth-order valence-electron chi connectivity index (χ4n) is 2.91. The van der Waals surface area contributed by atoms with E-state index >= 15 is 0 Å². The van der Waals surface area contributed by atoms with E-state index in [0.717, 1.165) is 11.1 Å². The summed E-state index contributed by atoms with van der Waals surface area (Å²) in [5.41, 5.74) is 5.00. The molecule has 3 rings (SSSR count). The molecule has 3 aromatic carbocycles. The van der Waals surface area contributed by atoms with Crippen molar-refractivity contribution in [1.29, 1.82) is 0 Å². The zero-order valence-corrected chi connectivity index (χ0v) is 17.3. The molecule has 32 heavy (non-hydrogen) atoms. The summed E-state index contributed by atoms with van der Waals surface area (Å²) in [5, 5.41) is 26.5. The highest BCUT2D eigenvalue weighted by atomic mass is 16.6. The van der Waals surface area contributed by atoms with Gasteiger partial charge in [0, 0.05) is 23.8 Å². The van der Waals surface area contributed by atoms with Crippen LogP contribution in [0.4, 0.5) is 17.1 Å². The highest BCUT2D eigenvalue weighted by molar-refractivity contribution is 5.83. The molecule has 1 N–H and O–H groups in total. The summed E-state index contributed by atoms with van der Waals surface area (Å²) in [6.45, 7) is 2.07. The first kappa shape index (κ1) is 22.2. The predicted molar refractivity (Wildman–Crippen MR) is 119 cm³/mol. The van der Waals surface area contributed by atoms with Crippen LogP contribution >= 0.6 is 0 Å². The number of benzene rings is 3. The molecule has 0 saturated heterocycles. The van der Waals surface area contributed by atoms with Crippen molar-refractivity contribution < 1.29 is 19.3 Å². The van der Waals surface area contributed by atoms with Crippen molar-refractivity contribution in [3.8, 4) is 11.5 Å². The van der Waals surface area contributed by atoms with Crippen LogP contribution in [0.1, 0.15) is 16.7 Å². The molecule has 0 fully saturated rings. The molecule has 0 atom stereocenters. The average Bonchev–Trinajstić information content (AvgIpc) is 2.78. The Kier molecular flexibility index (Phi) is 6.96. The molecular weight excluding hydrogens is 416 g/mol. The van der Waals surface area contributed by atoms with E-state index < -0.39 is 9.85 Å². The lowest BCUT2D eigenvalue weighted by molar-refractivity contribution is -0.386. The van der Waals surface area contributed by atoms with Gasteiger partial charge in [0.05, 0.1) is 28.9 Å². The van der Waals surface area contributed by atoms with Crippen molar-refractivity contribution in [2.45, 2.75) is 13.5 Å². The molecule has 0 saturated carbocycles. The van der Waals surface area contributed by atoms with E-state index in [-0.39, 0.29) is 29.5 Å². The van der Waals surface area contributed by atoms with Crippen LogP contribution in [0.25, 0.3) is 0 Å². The monoisotopic (exact) mass is 436 g/mol. The number of nitrogens with one attached hydrogen (secondary N) is 1. The minimum Gasteiger partial charge on any atom is -0.493 e. The Morgan fingerprint density at radius 2 is 1.81 bits per heavy atom. The maximum atomic E-state index is 11.7. The van der Waals surface area contributed by atoms with Gasteiger partial charge in [-0.3, -0.25) is 25.7 Å². The molecule has 3 aromatic rings. The number of anilines is 1. The lowest BCUT2D eigenvalue weighted by Gasteiger charge is -2.13. The van der Waals surface area contributed by atoms with E-state index in [4.69, 9.17) is 9.47 Å². The number of non-ortho nitro benzene ring substituents is 1. The molecule has 10 nitrogen and oxygen atoms in total. The van der Waals surface area contributed by atoms with E-state index in [2.05, 4.69) is 10.5 Å². The Balaban J connectivity index is 1.83. The molecule has 0 unspecified atom stereocenters. The first-order chi connectivity index (χ1) is 15.4. The maximum Gasteiger partial charge on any atom is 0.315 e. The topological polar surface area (TPSA) is 129 Å². The van der Waals surface area contributed by atoms with E-state index in [1.54, 1.807) is 12.1 Å². The van der Waals surface area contributed by atoms with Crippen molar-refractivity contribution in [3.63, 3.8) is 0 Å². The van der Waals surface area contributed by atoms with Gasteiger partial charge in [0.25, 0.3) is 5.69 Å². The second-order valence-electron chi connectivity index (χ2n) is 6.72. The number of aryl methyl sites for hydroxylation is 1. The Morgan fingerprint density at radius 3 is 2.50 bits per heavy atom. The van der Waals surface area contributed by atoms with Crippen molar-refractivity contribution in [3.05, 3.63) is 97.6 Å². The molecule has 0 spiro atoms. The number of rotatable bonds is 9. The van der Waals surface area contributed by atoms with Crippen molar-refractivity contribution in [2.75, 3.05) is 12.5 Å². The number of hydrogen-bond acceptors (Lipinski definition) is 8. The fourth-order valence-corrected chi connectivity index (χ4v) is 2.91. The standard InChI is InChI=1S/C22H20N4O6/c1-15-6-3-4-7-17(15)14-32-22-20(26(29)30)10-16(11-21(22)31-2)13-23-24-18-8-5-9-19(12-18)25(27)28/h3-13,24H,14H2,1-2H3. The summed E-state index contributed by atoms with van der Waals surface area (Å²) in [6.07, 6.45) is 1.35. The second-order valence-corrected chi connectivity index (χ2v) is 6.72. The van der Waals surface area contributed by atoms with Crippen LogP contribution in [0, 0.1) is 27.2 Å². The first-order valence-electron chi connectivity index (χ1n) is 9.46. The number of nitro groups is 2. The van der Waals surface area contributed by atoms with Crippen molar-refractivity contribution in [2.24, 2.45) is 5.10 Å². The molecule has 164 valence electrons. The Labute approximate surface area is 183 Å². The quantitative estimate of drug-likeness (QED) is 0.288. The van der Waals surface area contributed by atoms with E-state index in [1.165, 1.54) is 37.6 Å². The SMILES string of the molecule is COc1cc(C=NNc2cccc([N+](=O)[O-])c2)cc([N+](=O)[O-])c1OCc1ccccc1C. The Hall–Kier alpha value is -4.47. The maximum absolute atomic E-state index is 11.7. The molecule has 0 aromatic heterocycles. The lowest BCUT2D eigenvalue weighted by Crippen LogP contribution is -2.04. The average molecular weight is 436 g/mol. The van der Waals surface area contributed by atoms with Crippen LogP contribution in [0.5, 0.6) is 11.5 Å². The molecule has 0 heterocycles. The van der Waals surface area contributed by atoms with Crippen LogP contribution in [-0.4, -0.2) is 23.2 Å². The molecular formula is C22H20N4O6. The van der Waals surface area contributed by atoms with Crippen molar-refractivity contribution in [1.82, 2.24) is 0 Å². The minimum atomic E-state index is -0.555. The highest BCUT2D eigenvalue weighted by Crippen LogP contribution is 2.38. The number of nitrogens with zero attached hydrogens (tertiary/aromatic N) is 3. The van der Waals surface area contributed by atoms with E-state index in [1.807, 2.05) is 31.2 Å². The van der Waals surface area contributed by atoms with Gasteiger partial charge in [-0.05, 0) is 30.2 Å². The number of ether oxygens (including phenoxy) is 2. The molecule has 0 aliphatic heterocycles. The smallest absolute Gasteiger partial charge is 0.315 e. The third kappa shape index (κ3) is 5.36. The lowest BCUT2D eigenvalue weighted by atomic mass is 10.1. The van der Waals surface area contributed by atoms with Gasteiger partial charge in [-0.15, -0.1) is 0 Å². The molecule has 10 heteroatoms. The minimum absolute atomic E-state index is 0.0181. The summed E-state index contributed by atoms with van der Waals surface area (Å²) in [7, 11) is 1.39. The predicted octanol–water partition coefficient (Wildman–Crippen LogP) is 4.85. The normalized spacial score (nSPS) is 10.7. The molecule has 0 aliphatic carbocycles. The number of methoxy groups -OCH3 is 1. The summed E-state index contributed by atoms with van der Waals surface area (Å²) >= 11 is 0. The van der Waals surface area contributed by atoms with Gasteiger partial charge in [-0.25, -0.2) is 0 Å². The van der Waals surface area contributed by atoms with Gasteiger partial charge < -0.3 is 9.47 Å². The van der Waals surface area contributed by atoms with Crippen LogP contribution in [0.2, 0.25) is 0 Å². The second kappa shape index (κ2) is 10.0. The van der Waals surface area contributed by atoms with Gasteiger partial charge in [0.1, 0.15) is 6.61 Å².